The van der Waals surface area contributed by atoms with Gasteiger partial charge in [0, 0.05) is 12.8 Å². The molecule has 248 valence electrons. The standard InChI is InChI=1S/C38H72O4/c1-3-5-7-8-9-10-11-12-13-14-15-16-17-18-19-20-21-22-23-24-25-26-31-35-38(41)42-36(32-28-6-4-2)33-29-27-30-34-37(39)40/h14-15,36H,3-13,16-35H2,1-2H3,(H,39,40)/b15-14-. The van der Waals surface area contributed by atoms with Crippen molar-refractivity contribution >= 4 is 11.9 Å². The lowest BCUT2D eigenvalue weighted by Gasteiger charge is -2.18. The van der Waals surface area contributed by atoms with Crippen molar-refractivity contribution in [3.63, 3.8) is 0 Å². The van der Waals surface area contributed by atoms with Crippen molar-refractivity contribution in [2.24, 2.45) is 0 Å². The fourth-order valence-electron chi connectivity index (χ4n) is 5.71. The summed E-state index contributed by atoms with van der Waals surface area (Å²) in [4.78, 5) is 23.0. The van der Waals surface area contributed by atoms with E-state index in [2.05, 4.69) is 26.0 Å². The molecule has 1 unspecified atom stereocenters. The summed E-state index contributed by atoms with van der Waals surface area (Å²) in [5.41, 5.74) is 0. The molecule has 0 saturated heterocycles. The molecular formula is C38H72O4. The van der Waals surface area contributed by atoms with Gasteiger partial charge >= 0.3 is 11.9 Å². The number of rotatable bonds is 34. The number of carboxylic acids is 1. The lowest BCUT2D eigenvalue weighted by Crippen LogP contribution is -2.18. The summed E-state index contributed by atoms with van der Waals surface area (Å²) >= 11 is 0. The molecule has 0 aliphatic heterocycles. The number of allylic oxidation sites excluding steroid dienone is 2. The number of carboxylic acid groups (broad SMARTS) is 1. The Morgan fingerprint density at radius 1 is 0.500 bits per heavy atom. The van der Waals surface area contributed by atoms with E-state index in [-0.39, 0.29) is 18.5 Å². The van der Waals surface area contributed by atoms with Gasteiger partial charge in [-0.25, -0.2) is 0 Å². The van der Waals surface area contributed by atoms with Crippen molar-refractivity contribution in [2.75, 3.05) is 0 Å². The first-order valence-corrected chi connectivity index (χ1v) is 18.7. The van der Waals surface area contributed by atoms with E-state index in [0.29, 0.717) is 12.8 Å². The highest BCUT2D eigenvalue weighted by Gasteiger charge is 2.14. The van der Waals surface area contributed by atoms with Gasteiger partial charge in [0.1, 0.15) is 6.10 Å². The molecule has 0 saturated carbocycles. The fraction of sp³-hybridized carbons (Fsp3) is 0.895. The third-order valence-electron chi connectivity index (χ3n) is 8.49. The molecule has 1 atom stereocenters. The largest absolute Gasteiger partial charge is 0.481 e. The lowest BCUT2D eigenvalue weighted by molar-refractivity contribution is -0.150. The third-order valence-corrected chi connectivity index (χ3v) is 8.49. The van der Waals surface area contributed by atoms with E-state index in [9.17, 15) is 9.59 Å². The van der Waals surface area contributed by atoms with Gasteiger partial charge in [-0.3, -0.25) is 9.59 Å². The Labute approximate surface area is 262 Å². The summed E-state index contributed by atoms with van der Waals surface area (Å²) in [5.74, 6) is -0.768. The minimum absolute atomic E-state index is 0.00915. The van der Waals surface area contributed by atoms with E-state index in [1.54, 1.807) is 0 Å². The van der Waals surface area contributed by atoms with Crippen LogP contribution >= 0.6 is 0 Å². The van der Waals surface area contributed by atoms with Crippen LogP contribution in [0.15, 0.2) is 12.2 Å². The molecule has 0 amide bonds. The molecule has 1 N–H and O–H groups in total. The molecule has 4 heteroatoms. The van der Waals surface area contributed by atoms with Crippen LogP contribution in [-0.2, 0) is 14.3 Å². The molecule has 0 radical (unpaired) electrons. The zero-order valence-corrected chi connectivity index (χ0v) is 28.3. The van der Waals surface area contributed by atoms with Gasteiger partial charge in [0.15, 0.2) is 0 Å². The van der Waals surface area contributed by atoms with Gasteiger partial charge < -0.3 is 9.84 Å². The maximum Gasteiger partial charge on any atom is 0.306 e. The minimum Gasteiger partial charge on any atom is -0.481 e. The summed E-state index contributed by atoms with van der Waals surface area (Å²) in [7, 11) is 0. The number of ether oxygens (including phenoxy) is 1. The van der Waals surface area contributed by atoms with E-state index in [1.807, 2.05) is 0 Å². The molecule has 0 rings (SSSR count). The molecule has 0 heterocycles. The predicted molar refractivity (Wildman–Crippen MR) is 181 cm³/mol. The summed E-state index contributed by atoms with van der Waals surface area (Å²) in [5, 5.41) is 8.78. The number of aliphatic carboxylic acids is 1. The highest BCUT2D eigenvalue weighted by Crippen LogP contribution is 2.18. The molecule has 4 nitrogen and oxygen atoms in total. The average Bonchev–Trinajstić information content (AvgIpc) is 2.97. The van der Waals surface area contributed by atoms with Crippen LogP contribution in [-0.4, -0.2) is 23.1 Å². The Kier molecular flexibility index (Phi) is 33.1. The lowest BCUT2D eigenvalue weighted by atomic mass is 10.0. The zero-order chi connectivity index (χ0) is 30.8. The van der Waals surface area contributed by atoms with Gasteiger partial charge in [0.25, 0.3) is 0 Å². The van der Waals surface area contributed by atoms with Gasteiger partial charge in [-0.2, -0.15) is 0 Å². The van der Waals surface area contributed by atoms with Gasteiger partial charge in [-0.15, -0.1) is 0 Å². The Balaban J connectivity index is 3.53. The van der Waals surface area contributed by atoms with E-state index in [1.165, 1.54) is 128 Å². The summed E-state index contributed by atoms with van der Waals surface area (Å²) in [6.45, 7) is 4.47. The van der Waals surface area contributed by atoms with Crippen LogP contribution in [0, 0.1) is 0 Å². The van der Waals surface area contributed by atoms with Crippen LogP contribution in [0.25, 0.3) is 0 Å². The third kappa shape index (κ3) is 33.2. The predicted octanol–water partition coefficient (Wildman–Crippen LogP) is 12.7. The highest BCUT2D eigenvalue weighted by atomic mass is 16.5. The van der Waals surface area contributed by atoms with Crippen LogP contribution in [0.4, 0.5) is 0 Å². The van der Waals surface area contributed by atoms with E-state index in [0.717, 1.165) is 51.4 Å². The normalized spacial score (nSPS) is 12.2. The molecule has 0 aromatic rings. The topological polar surface area (TPSA) is 63.6 Å². The maximum atomic E-state index is 12.4. The Bertz CT molecular complexity index is 600. The Morgan fingerprint density at radius 3 is 1.33 bits per heavy atom. The molecule has 0 aliphatic carbocycles. The molecule has 0 aromatic carbocycles. The second-order valence-electron chi connectivity index (χ2n) is 12.8. The zero-order valence-electron chi connectivity index (χ0n) is 28.3. The summed E-state index contributed by atoms with van der Waals surface area (Å²) in [6, 6.07) is 0. The number of hydrogen-bond donors (Lipinski definition) is 1. The van der Waals surface area contributed by atoms with Crippen LogP contribution in [0.3, 0.4) is 0 Å². The van der Waals surface area contributed by atoms with Crippen LogP contribution in [0.1, 0.15) is 213 Å². The first-order valence-electron chi connectivity index (χ1n) is 18.7. The van der Waals surface area contributed by atoms with Crippen molar-refractivity contribution in [3.8, 4) is 0 Å². The first kappa shape index (κ1) is 40.7. The van der Waals surface area contributed by atoms with Crippen molar-refractivity contribution in [1.82, 2.24) is 0 Å². The van der Waals surface area contributed by atoms with Crippen molar-refractivity contribution in [3.05, 3.63) is 12.2 Å². The van der Waals surface area contributed by atoms with E-state index < -0.39 is 5.97 Å². The van der Waals surface area contributed by atoms with Crippen molar-refractivity contribution in [1.29, 1.82) is 0 Å². The highest BCUT2D eigenvalue weighted by molar-refractivity contribution is 5.69. The molecule has 0 bridgehead atoms. The first-order chi connectivity index (χ1) is 20.6. The Hall–Kier alpha value is -1.32. The number of carbonyl (C=O) groups excluding carboxylic acids is 1. The Morgan fingerprint density at radius 2 is 0.857 bits per heavy atom. The van der Waals surface area contributed by atoms with Crippen molar-refractivity contribution < 1.29 is 19.4 Å². The fourth-order valence-corrected chi connectivity index (χ4v) is 5.71. The maximum absolute atomic E-state index is 12.4. The average molecular weight is 593 g/mol. The smallest absolute Gasteiger partial charge is 0.306 e. The number of unbranched alkanes of at least 4 members (excludes halogenated alkanes) is 23. The van der Waals surface area contributed by atoms with Gasteiger partial charge in [0.2, 0.25) is 0 Å². The molecule has 42 heavy (non-hydrogen) atoms. The molecule has 0 fully saturated rings. The molecule has 0 aliphatic rings. The van der Waals surface area contributed by atoms with Gasteiger partial charge in [-0.1, -0.05) is 148 Å². The van der Waals surface area contributed by atoms with Crippen LogP contribution in [0.2, 0.25) is 0 Å². The van der Waals surface area contributed by atoms with Crippen LogP contribution < -0.4 is 0 Å². The van der Waals surface area contributed by atoms with E-state index in [4.69, 9.17) is 9.84 Å². The number of hydrogen-bond acceptors (Lipinski definition) is 3. The SMILES string of the molecule is CCCCCCCCCC/C=C\CCCCCCCCCCCCCC(=O)OC(CCCCC)CCCCCC(=O)O. The molecule has 0 aromatic heterocycles. The second-order valence-corrected chi connectivity index (χ2v) is 12.8. The number of carbonyl (C=O) groups is 2. The quantitative estimate of drug-likeness (QED) is 0.0458. The summed E-state index contributed by atoms with van der Waals surface area (Å²) in [6.07, 6.45) is 41.3. The van der Waals surface area contributed by atoms with Crippen molar-refractivity contribution in [2.45, 2.75) is 219 Å². The summed E-state index contributed by atoms with van der Waals surface area (Å²) < 4.78 is 5.82. The van der Waals surface area contributed by atoms with Gasteiger partial charge in [-0.05, 0) is 64.2 Å². The van der Waals surface area contributed by atoms with E-state index >= 15 is 0 Å². The minimum atomic E-state index is -0.727. The van der Waals surface area contributed by atoms with Crippen LogP contribution in [0.5, 0.6) is 0 Å². The molecule has 0 spiro atoms. The second kappa shape index (κ2) is 34.2. The monoisotopic (exact) mass is 593 g/mol. The van der Waals surface area contributed by atoms with Gasteiger partial charge in [0.05, 0.1) is 0 Å². The number of esters is 1. The molecular weight excluding hydrogens is 520 g/mol.